The zero-order valence-corrected chi connectivity index (χ0v) is 15.7. The monoisotopic (exact) mass is 354 g/mol. The van der Waals surface area contributed by atoms with Crippen LogP contribution in [0.15, 0.2) is 36.7 Å². The second-order valence-electron chi connectivity index (χ2n) is 6.92. The summed E-state index contributed by atoms with van der Waals surface area (Å²) in [5, 5.41) is 0. The van der Waals surface area contributed by atoms with Crippen molar-refractivity contribution in [1.82, 2.24) is 14.9 Å². The van der Waals surface area contributed by atoms with Gasteiger partial charge in [-0.2, -0.15) is 0 Å². The number of benzene rings is 1. The van der Waals surface area contributed by atoms with Gasteiger partial charge < -0.3 is 14.5 Å². The van der Waals surface area contributed by atoms with E-state index < -0.39 is 0 Å². The van der Waals surface area contributed by atoms with Crippen LogP contribution in [0.2, 0.25) is 0 Å². The predicted molar refractivity (Wildman–Crippen MR) is 101 cm³/mol. The average Bonchev–Trinajstić information content (AvgIpc) is 3.15. The maximum Gasteiger partial charge on any atom is 0.274 e. The molecule has 6 heteroatoms. The van der Waals surface area contributed by atoms with Gasteiger partial charge in [0.15, 0.2) is 0 Å². The van der Waals surface area contributed by atoms with Crippen molar-refractivity contribution >= 4 is 11.6 Å². The van der Waals surface area contributed by atoms with Crippen molar-refractivity contribution in [2.45, 2.75) is 32.4 Å². The third-order valence-corrected chi connectivity index (χ3v) is 4.56. The van der Waals surface area contributed by atoms with Crippen LogP contribution in [0.4, 0.5) is 5.69 Å². The first kappa shape index (κ1) is 18.3. The summed E-state index contributed by atoms with van der Waals surface area (Å²) in [4.78, 5) is 25.3. The van der Waals surface area contributed by atoms with Crippen LogP contribution in [-0.4, -0.2) is 54.1 Å². The van der Waals surface area contributed by atoms with Crippen LogP contribution in [0.5, 0.6) is 0 Å². The molecule has 138 valence electrons. The summed E-state index contributed by atoms with van der Waals surface area (Å²) >= 11 is 0. The highest BCUT2D eigenvalue weighted by Gasteiger charge is 2.24. The molecule has 0 aliphatic carbocycles. The molecule has 6 nitrogen and oxygen atoms in total. The molecule has 0 bridgehead atoms. The number of aryl methyl sites for hydroxylation is 1. The minimum atomic E-state index is -0.107. The van der Waals surface area contributed by atoms with Gasteiger partial charge in [0.1, 0.15) is 5.69 Å². The molecule has 1 amide bonds. The van der Waals surface area contributed by atoms with Gasteiger partial charge in [0, 0.05) is 45.7 Å². The first-order valence-corrected chi connectivity index (χ1v) is 8.98. The Hall–Kier alpha value is -2.47. The Bertz CT molecular complexity index is 722. The SMILES string of the molecule is Cc1cnc(C(=O)N(Cc2ccc(N(C)C)cc2)CC2CCCO2)cn1. The molecule has 1 unspecified atom stereocenters. The Labute approximate surface area is 154 Å². The lowest BCUT2D eigenvalue weighted by Crippen LogP contribution is -2.37. The molecular formula is C20H26N4O2. The number of amides is 1. The van der Waals surface area contributed by atoms with Gasteiger partial charge in [-0.3, -0.25) is 9.78 Å². The molecule has 1 aromatic carbocycles. The van der Waals surface area contributed by atoms with Gasteiger partial charge in [0.05, 0.1) is 18.0 Å². The fourth-order valence-corrected chi connectivity index (χ4v) is 3.04. The second kappa shape index (κ2) is 8.27. The lowest BCUT2D eigenvalue weighted by Gasteiger charge is -2.25. The molecule has 1 aliphatic heterocycles. The fraction of sp³-hybridized carbons (Fsp3) is 0.450. The zero-order chi connectivity index (χ0) is 18.5. The quantitative estimate of drug-likeness (QED) is 0.798. The van der Waals surface area contributed by atoms with Crippen LogP contribution >= 0.6 is 0 Å². The average molecular weight is 354 g/mol. The van der Waals surface area contributed by atoms with E-state index in [0.717, 1.165) is 36.4 Å². The fourth-order valence-electron chi connectivity index (χ4n) is 3.04. The van der Waals surface area contributed by atoms with Crippen LogP contribution in [0.3, 0.4) is 0 Å². The lowest BCUT2D eigenvalue weighted by atomic mass is 10.1. The van der Waals surface area contributed by atoms with Crippen LogP contribution in [0.1, 0.15) is 34.6 Å². The maximum atomic E-state index is 13.0. The highest BCUT2D eigenvalue weighted by atomic mass is 16.5. The Balaban J connectivity index is 1.77. The highest BCUT2D eigenvalue weighted by Crippen LogP contribution is 2.18. The molecule has 3 rings (SSSR count). The van der Waals surface area contributed by atoms with Gasteiger partial charge in [-0.1, -0.05) is 12.1 Å². The van der Waals surface area contributed by atoms with Crippen molar-refractivity contribution in [2.24, 2.45) is 0 Å². The van der Waals surface area contributed by atoms with E-state index in [2.05, 4.69) is 39.1 Å². The molecule has 1 saturated heterocycles. The van der Waals surface area contributed by atoms with E-state index in [4.69, 9.17) is 4.74 Å². The number of hydrogen-bond acceptors (Lipinski definition) is 5. The topological polar surface area (TPSA) is 58.6 Å². The van der Waals surface area contributed by atoms with Gasteiger partial charge in [0.2, 0.25) is 0 Å². The first-order valence-electron chi connectivity index (χ1n) is 8.98. The molecule has 0 N–H and O–H groups in total. The molecule has 1 atom stereocenters. The lowest BCUT2D eigenvalue weighted by molar-refractivity contribution is 0.0502. The van der Waals surface area contributed by atoms with E-state index >= 15 is 0 Å². The number of anilines is 1. The Morgan fingerprint density at radius 1 is 1.19 bits per heavy atom. The molecule has 1 aromatic heterocycles. The van der Waals surface area contributed by atoms with E-state index in [1.54, 1.807) is 12.4 Å². The van der Waals surface area contributed by atoms with E-state index in [1.165, 1.54) is 0 Å². The van der Waals surface area contributed by atoms with Crippen LogP contribution in [0.25, 0.3) is 0 Å². The second-order valence-corrected chi connectivity index (χ2v) is 6.92. The van der Waals surface area contributed by atoms with Gasteiger partial charge >= 0.3 is 0 Å². The number of carbonyl (C=O) groups is 1. The summed E-state index contributed by atoms with van der Waals surface area (Å²) in [6.45, 7) is 3.73. The van der Waals surface area contributed by atoms with Gasteiger partial charge in [-0.05, 0) is 37.5 Å². The van der Waals surface area contributed by atoms with Crippen LogP contribution < -0.4 is 4.90 Å². The van der Waals surface area contributed by atoms with E-state index in [0.29, 0.717) is 18.8 Å². The van der Waals surface area contributed by atoms with E-state index in [-0.39, 0.29) is 12.0 Å². The van der Waals surface area contributed by atoms with Crippen LogP contribution in [0, 0.1) is 6.92 Å². The number of carbonyl (C=O) groups excluding carboxylic acids is 1. The number of rotatable bonds is 6. The summed E-state index contributed by atoms with van der Waals surface area (Å²) in [6.07, 6.45) is 5.31. The summed E-state index contributed by atoms with van der Waals surface area (Å²) < 4.78 is 5.74. The molecule has 1 fully saturated rings. The van der Waals surface area contributed by atoms with E-state index in [9.17, 15) is 4.79 Å². The molecule has 0 radical (unpaired) electrons. The zero-order valence-electron chi connectivity index (χ0n) is 15.7. The molecular weight excluding hydrogens is 328 g/mol. The summed E-state index contributed by atoms with van der Waals surface area (Å²) in [7, 11) is 4.02. The number of hydrogen-bond donors (Lipinski definition) is 0. The standard InChI is InChI=1S/C20H26N4O2/c1-15-11-22-19(12-21-15)20(25)24(14-18-5-4-10-26-18)13-16-6-8-17(9-7-16)23(2)3/h6-9,11-12,18H,4-5,10,13-14H2,1-3H3. The van der Waals surface area contributed by atoms with Crippen molar-refractivity contribution in [3.05, 3.63) is 53.6 Å². The third kappa shape index (κ3) is 4.58. The van der Waals surface area contributed by atoms with Gasteiger partial charge in [-0.25, -0.2) is 4.98 Å². The van der Waals surface area contributed by atoms with Gasteiger partial charge in [-0.15, -0.1) is 0 Å². The Kier molecular flexibility index (Phi) is 5.83. The van der Waals surface area contributed by atoms with Crippen molar-refractivity contribution in [2.75, 3.05) is 32.1 Å². The molecule has 1 aliphatic rings. The number of nitrogens with zero attached hydrogens (tertiary/aromatic N) is 4. The largest absolute Gasteiger partial charge is 0.378 e. The maximum absolute atomic E-state index is 13.0. The van der Waals surface area contributed by atoms with Crippen molar-refractivity contribution in [3.8, 4) is 0 Å². The number of ether oxygens (including phenoxy) is 1. The first-order chi connectivity index (χ1) is 12.5. The molecule has 0 saturated carbocycles. The molecule has 2 heterocycles. The molecule has 26 heavy (non-hydrogen) atoms. The van der Waals surface area contributed by atoms with Crippen molar-refractivity contribution < 1.29 is 9.53 Å². The third-order valence-electron chi connectivity index (χ3n) is 4.56. The predicted octanol–water partition coefficient (Wildman–Crippen LogP) is 2.67. The highest BCUT2D eigenvalue weighted by molar-refractivity contribution is 5.92. The Morgan fingerprint density at radius 3 is 2.54 bits per heavy atom. The summed E-state index contributed by atoms with van der Waals surface area (Å²) in [6, 6.07) is 8.25. The molecule has 0 spiro atoms. The minimum Gasteiger partial charge on any atom is -0.378 e. The Morgan fingerprint density at radius 2 is 1.96 bits per heavy atom. The molecule has 2 aromatic rings. The van der Waals surface area contributed by atoms with Crippen molar-refractivity contribution in [3.63, 3.8) is 0 Å². The van der Waals surface area contributed by atoms with Gasteiger partial charge in [0.25, 0.3) is 5.91 Å². The van der Waals surface area contributed by atoms with Crippen molar-refractivity contribution in [1.29, 1.82) is 0 Å². The minimum absolute atomic E-state index is 0.0957. The summed E-state index contributed by atoms with van der Waals surface area (Å²) in [5.74, 6) is -0.107. The van der Waals surface area contributed by atoms with E-state index in [1.807, 2.05) is 25.9 Å². The summed E-state index contributed by atoms with van der Waals surface area (Å²) in [5.41, 5.74) is 3.39. The van der Waals surface area contributed by atoms with Crippen LogP contribution in [-0.2, 0) is 11.3 Å². The smallest absolute Gasteiger partial charge is 0.274 e. The normalized spacial score (nSPS) is 16.5. The number of aromatic nitrogens is 2.